The molecule has 0 radical (unpaired) electrons. The Bertz CT molecular complexity index is 670. The highest BCUT2D eigenvalue weighted by atomic mass is 35.5. The van der Waals surface area contributed by atoms with Crippen LogP contribution in [0.4, 0.5) is 0 Å². The maximum absolute atomic E-state index is 12.6. The minimum Gasteiger partial charge on any atom is -0.454 e. The highest BCUT2D eigenvalue weighted by Gasteiger charge is 2.26. The molecule has 0 saturated heterocycles. The number of ketones is 1. The van der Waals surface area contributed by atoms with Crippen LogP contribution in [0.15, 0.2) is 54.6 Å². The number of benzene rings is 1. The smallest absolute Gasteiger partial charge is 0.203 e. The Balaban J connectivity index is 2.35. The first kappa shape index (κ1) is 16.2. The van der Waals surface area contributed by atoms with Crippen LogP contribution in [-0.4, -0.2) is 10.8 Å². The van der Waals surface area contributed by atoms with Gasteiger partial charge in [-0.05, 0) is 42.0 Å². The van der Waals surface area contributed by atoms with E-state index in [0.29, 0.717) is 10.8 Å². The summed E-state index contributed by atoms with van der Waals surface area (Å²) in [5.41, 5.74) is 0.268. The molecule has 4 heteroatoms. The van der Waals surface area contributed by atoms with Crippen LogP contribution in [-0.2, 0) is 4.79 Å². The van der Waals surface area contributed by atoms with Gasteiger partial charge in [-0.15, -0.1) is 0 Å². The van der Waals surface area contributed by atoms with Crippen LogP contribution in [0.1, 0.15) is 26.3 Å². The van der Waals surface area contributed by atoms with Gasteiger partial charge >= 0.3 is 0 Å². The van der Waals surface area contributed by atoms with Crippen molar-refractivity contribution < 1.29 is 9.53 Å². The Morgan fingerprint density at radius 2 is 1.86 bits per heavy atom. The monoisotopic (exact) mass is 315 g/mol. The third-order valence-electron chi connectivity index (χ3n) is 2.93. The summed E-state index contributed by atoms with van der Waals surface area (Å²) in [5.74, 6) is 0.770. The topological polar surface area (TPSA) is 39.2 Å². The summed E-state index contributed by atoms with van der Waals surface area (Å²) in [4.78, 5) is 16.6. The Morgan fingerprint density at radius 3 is 2.41 bits per heavy atom. The van der Waals surface area contributed by atoms with Crippen molar-refractivity contribution in [3.63, 3.8) is 0 Å². The lowest BCUT2D eigenvalue weighted by atomic mass is 9.89. The lowest BCUT2D eigenvalue weighted by Crippen LogP contribution is -2.24. The summed E-state index contributed by atoms with van der Waals surface area (Å²) in [5, 5.41) is 0.618. The fourth-order valence-corrected chi connectivity index (χ4v) is 1.88. The van der Waals surface area contributed by atoms with Crippen LogP contribution in [0.5, 0.6) is 5.75 Å². The zero-order valence-corrected chi connectivity index (χ0v) is 13.6. The largest absolute Gasteiger partial charge is 0.454 e. The molecule has 0 bridgehead atoms. The quantitative estimate of drug-likeness (QED) is 0.602. The van der Waals surface area contributed by atoms with Crippen molar-refractivity contribution in [1.82, 2.24) is 4.98 Å². The molecule has 0 saturated carbocycles. The third kappa shape index (κ3) is 4.43. The van der Waals surface area contributed by atoms with E-state index < -0.39 is 5.41 Å². The molecule has 0 fully saturated rings. The summed E-state index contributed by atoms with van der Waals surface area (Å²) in [7, 11) is 0. The number of pyridine rings is 1. The average molecular weight is 316 g/mol. The highest BCUT2D eigenvalue weighted by Crippen LogP contribution is 2.25. The van der Waals surface area contributed by atoms with E-state index in [4.69, 9.17) is 16.3 Å². The number of hydrogen-bond acceptors (Lipinski definition) is 3. The molecule has 1 aromatic heterocycles. The van der Waals surface area contributed by atoms with E-state index in [1.807, 2.05) is 32.9 Å². The number of Topliss-reactive ketones (excluding diaryl/α,β-unsaturated/α-hetero) is 1. The van der Waals surface area contributed by atoms with Gasteiger partial charge in [-0.2, -0.15) is 0 Å². The predicted molar refractivity (Wildman–Crippen MR) is 88.8 cm³/mol. The molecule has 0 spiro atoms. The maximum atomic E-state index is 12.6. The molecule has 0 aliphatic rings. The van der Waals surface area contributed by atoms with Gasteiger partial charge in [-0.25, -0.2) is 0 Å². The molecular weight excluding hydrogens is 298 g/mol. The van der Waals surface area contributed by atoms with Crippen molar-refractivity contribution in [3.8, 4) is 5.75 Å². The molecule has 22 heavy (non-hydrogen) atoms. The molecular formula is C18H18ClNO2. The summed E-state index contributed by atoms with van der Waals surface area (Å²) in [6, 6.07) is 10.6. The second-order valence-corrected chi connectivity index (χ2v) is 6.37. The predicted octanol–water partition coefficient (Wildman–Crippen LogP) is 4.77. The lowest BCUT2D eigenvalue weighted by Gasteiger charge is -2.19. The fourth-order valence-electron chi connectivity index (χ4n) is 1.75. The standard InChI is InChI=1S/C18H18ClNO2/c1-18(2,3)17(21)16(11-13-5-4-10-20-12-13)22-15-8-6-14(19)7-9-15/h4-12H,1-3H3/b16-11+. The SMILES string of the molecule is CC(C)(C)C(=O)/C(=C\c1cccnc1)Oc1ccc(Cl)cc1. The Labute approximate surface area is 135 Å². The van der Waals surface area contributed by atoms with Gasteiger partial charge in [0, 0.05) is 22.8 Å². The Hall–Kier alpha value is -2.13. The number of halogens is 1. The molecule has 0 unspecified atom stereocenters. The Morgan fingerprint density at radius 1 is 1.18 bits per heavy atom. The van der Waals surface area contributed by atoms with Crippen molar-refractivity contribution in [2.75, 3.05) is 0 Å². The minimum absolute atomic E-state index is 0.0775. The first-order chi connectivity index (χ1) is 10.4. The van der Waals surface area contributed by atoms with Crippen LogP contribution in [0.2, 0.25) is 5.02 Å². The Kier molecular flexibility index (Phi) is 4.99. The van der Waals surface area contributed by atoms with Gasteiger partial charge in [0.2, 0.25) is 5.78 Å². The molecule has 0 aliphatic heterocycles. The molecule has 1 aromatic carbocycles. The lowest BCUT2D eigenvalue weighted by molar-refractivity contribution is -0.124. The summed E-state index contributed by atoms with van der Waals surface area (Å²) in [6.45, 7) is 5.58. The zero-order valence-electron chi connectivity index (χ0n) is 12.8. The third-order valence-corrected chi connectivity index (χ3v) is 3.18. The highest BCUT2D eigenvalue weighted by molar-refractivity contribution is 6.30. The van der Waals surface area contributed by atoms with E-state index >= 15 is 0 Å². The van der Waals surface area contributed by atoms with Crippen LogP contribution in [0.3, 0.4) is 0 Å². The number of allylic oxidation sites excluding steroid dienone is 1. The van der Waals surface area contributed by atoms with Crippen molar-refractivity contribution in [2.24, 2.45) is 5.41 Å². The van der Waals surface area contributed by atoms with Crippen molar-refractivity contribution in [1.29, 1.82) is 0 Å². The fraction of sp³-hybridized carbons (Fsp3) is 0.222. The van der Waals surface area contributed by atoms with Crippen molar-refractivity contribution >= 4 is 23.5 Å². The molecule has 0 atom stereocenters. The molecule has 0 amide bonds. The summed E-state index contributed by atoms with van der Waals surface area (Å²) >= 11 is 5.87. The van der Waals surface area contributed by atoms with Gasteiger partial charge in [-0.1, -0.05) is 38.4 Å². The number of ether oxygens (including phenoxy) is 1. The molecule has 0 N–H and O–H groups in total. The normalized spacial score (nSPS) is 12.1. The number of carbonyl (C=O) groups excluding carboxylic acids is 1. The van der Waals surface area contributed by atoms with Crippen LogP contribution in [0.25, 0.3) is 6.08 Å². The summed E-state index contributed by atoms with van der Waals surface area (Å²) in [6.07, 6.45) is 5.07. The van der Waals surface area contributed by atoms with Crippen LogP contribution >= 0.6 is 11.6 Å². The number of carbonyl (C=O) groups is 1. The van der Waals surface area contributed by atoms with Gasteiger partial charge in [0.15, 0.2) is 5.76 Å². The van der Waals surface area contributed by atoms with Gasteiger partial charge in [-0.3, -0.25) is 9.78 Å². The van der Waals surface area contributed by atoms with Crippen molar-refractivity contribution in [3.05, 3.63) is 65.1 Å². The second kappa shape index (κ2) is 6.75. The van der Waals surface area contributed by atoms with E-state index in [1.165, 1.54) is 0 Å². The molecule has 114 valence electrons. The molecule has 3 nitrogen and oxygen atoms in total. The van der Waals surface area contributed by atoms with E-state index in [2.05, 4.69) is 4.98 Å². The van der Waals surface area contributed by atoms with Crippen LogP contribution < -0.4 is 4.74 Å². The number of hydrogen-bond donors (Lipinski definition) is 0. The molecule has 1 heterocycles. The number of nitrogens with zero attached hydrogens (tertiary/aromatic N) is 1. The molecule has 0 aliphatic carbocycles. The maximum Gasteiger partial charge on any atom is 0.203 e. The van der Waals surface area contributed by atoms with E-state index in [9.17, 15) is 4.79 Å². The first-order valence-corrected chi connectivity index (χ1v) is 7.34. The molecule has 2 rings (SSSR count). The first-order valence-electron chi connectivity index (χ1n) is 6.96. The van der Waals surface area contributed by atoms with Gasteiger partial charge < -0.3 is 4.74 Å². The van der Waals surface area contributed by atoms with E-state index in [0.717, 1.165) is 5.56 Å². The minimum atomic E-state index is -0.541. The zero-order chi connectivity index (χ0) is 16.2. The van der Waals surface area contributed by atoms with Gasteiger partial charge in [0.1, 0.15) is 5.75 Å². The number of aromatic nitrogens is 1. The number of rotatable bonds is 4. The summed E-state index contributed by atoms with van der Waals surface area (Å²) < 4.78 is 5.79. The van der Waals surface area contributed by atoms with Gasteiger partial charge in [0.25, 0.3) is 0 Å². The van der Waals surface area contributed by atoms with E-state index in [-0.39, 0.29) is 11.5 Å². The van der Waals surface area contributed by atoms with Crippen molar-refractivity contribution in [2.45, 2.75) is 20.8 Å². The molecule has 2 aromatic rings. The van der Waals surface area contributed by atoms with Gasteiger partial charge in [0.05, 0.1) is 0 Å². The average Bonchev–Trinajstić information content (AvgIpc) is 2.48. The van der Waals surface area contributed by atoms with E-state index in [1.54, 1.807) is 42.7 Å². The second-order valence-electron chi connectivity index (χ2n) is 5.93. The van der Waals surface area contributed by atoms with Crippen LogP contribution in [0, 0.1) is 5.41 Å².